The Balaban J connectivity index is 3.55. The predicted molar refractivity (Wildman–Crippen MR) is 62.9 cm³/mol. The van der Waals surface area contributed by atoms with E-state index in [4.69, 9.17) is 5.11 Å². The largest absolute Gasteiger partial charge is 0.481 e. The summed E-state index contributed by atoms with van der Waals surface area (Å²) >= 11 is 0. The lowest BCUT2D eigenvalue weighted by molar-refractivity contribution is -0.138. The lowest BCUT2D eigenvalue weighted by Crippen LogP contribution is -2.34. The molecule has 0 saturated carbocycles. The molecule has 0 unspecified atom stereocenters. The van der Waals surface area contributed by atoms with Crippen LogP contribution in [0.15, 0.2) is 5.18 Å². The summed E-state index contributed by atoms with van der Waals surface area (Å²) in [7, 11) is 0. The number of nitrogens with zero attached hydrogens (tertiary/aromatic N) is 1. The van der Waals surface area contributed by atoms with Gasteiger partial charge in [0.2, 0.25) is 11.8 Å². The van der Waals surface area contributed by atoms with Gasteiger partial charge in [-0.3, -0.25) is 19.2 Å². The van der Waals surface area contributed by atoms with Crippen molar-refractivity contribution in [3.8, 4) is 0 Å². The van der Waals surface area contributed by atoms with E-state index in [-0.39, 0.29) is 38.8 Å². The van der Waals surface area contributed by atoms with Crippen LogP contribution in [0.2, 0.25) is 0 Å². The first kappa shape index (κ1) is 16.7. The van der Waals surface area contributed by atoms with E-state index in [1.54, 1.807) is 0 Å². The topological polar surface area (TPSA) is 142 Å². The summed E-state index contributed by atoms with van der Waals surface area (Å²) in [4.78, 5) is 52.6. The number of carbonyl (C=O) groups is 4. The third kappa shape index (κ3) is 10.5. The molecule has 0 atom stereocenters. The Morgan fingerprint density at radius 3 is 1.74 bits per heavy atom. The van der Waals surface area contributed by atoms with Gasteiger partial charge in [0, 0.05) is 37.5 Å². The fraction of sp³-hybridized carbons (Fsp3) is 0.600. The third-order valence-electron chi connectivity index (χ3n) is 2.00. The highest BCUT2D eigenvalue weighted by Gasteiger charge is 2.07. The number of aliphatic carboxylic acids is 1. The molecule has 0 heterocycles. The molecule has 19 heavy (non-hydrogen) atoms. The number of carboxylic acids is 1. The monoisotopic (exact) mass is 273 g/mol. The van der Waals surface area contributed by atoms with Gasteiger partial charge in [0.05, 0.1) is 6.42 Å². The zero-order chi connectivity index (χ0) is 14.7. The standard InChI is InChI=1S/C10H15N3O6/c14-7(1-2-9(16)13-19)11-5-6-12-8(15)3-4-10(17)18/h1-6H2,(H,11,14)(H,12,15)(H,17,18). The second kappa shape index (κ2) is 9.68. The summed E-state index contributed by atoms with van der Waals surface area (Å²) in [6.07, 6.45) is -0.764. The van der Waals surface area contributed by atoms with Crippen LogP contribution in [0, 0.1) is 4.91 Å². The highest BCUT2D eigenvalue weighted by atomic mass is 16.4. The molecule has 0 aromatic rings. The summed E-state index contributed by atoms with van der Waals surface area (Å²) in [6.45, 7) is 0.310. The number of rotatable bonds is 9. The van der Waals surface area contributed by atoms with Gasteiger partial charge in [-0.2, -0.15) is 0 Å². The molecule has 0 aromatic heterocycles. The minimum absolute atomic E-state index is 0.122. The first-order valence-electron chi connectivity index (χ1n) is 5.57. The molecule has 0 aliphatic heterocycles. The number of amides is 3. The second-order valence-corrected chi connectivity index (χ2v) is 3.58. The number of carboxylic acid groups (broad SMARTS) is 1. The van der Waals surface area contributed by atoms with E-state index in [2.05, 4.69) is 15.8 Å². The predicted octanol–water partition coefficient (Wildman–Crippen LogP) is -0.843. The van der Waals surface area contributed by atoms with Gasteiger partial charge in [0.25, 0.3) is 5.91 Å². The fourth-order valence-corrected chi connectivity index (χ4v) is 1.07. The van der Waals surface area contributed by atoms with Crippen LogP contribution in [-0.2, 0) is 19.2 Å². The maximum Gasteiger partial charge on any atom is 0.303 e. The van der Waals surface area contributed by atoms with Crippen molar-refractivity contribution in [2.45, 2.75) is 25.7 Å². The van der Waals surface area contributed by atoms with Gasteiger partial charge in [0.1, 0.15) is 0 Å². The minimum atomic E-state index is -1.06. The van der Waals surface area contributed by atoms with Crippen molar-refractivity contribution in [2.24, 2.45) is 5.18 Å². The number of hydrogen-bond donors (Lipinski definition) is 3. The van der Waals surface area contributed by atoms with Gasteiger partial charge in [0.15, 0.2) is 0 Å². The van der Waals surface area contributed by atoms with E-state index in [0.29, 0.717) is 0 Å². The van der Waals surface area contributed by atoms with Crippen LogP contribution < -0.4 is 10.6 Å². The number of hydrogen-bond acceptors (Lipinski definition) is 5. The fourth-order valence-electron chi connectivity index (χ4n) is 1.07. The van der Waals surface area contributed by atoms with Crippen molar-refractivity contribution in [3.63, 3.8) is 0 Å². The molecule has 0 aliphatic carbocycles. The van der Waals surface area contributed by atoms with Crippen molar-refractivity contribution in [2.75, 3.05) is 13.1 Å². The Morgan fingerprint density at radius 1 is 0.842 bits per heavy atom. The van der Waals surface area contributed by atoms with Gasteiger partial charge in [-0.25, -0.2) is 0 Å². The Morgan fingerprint density at radius 2 is 1.32 bits per heavy atom. The van der Waals surface area contributed by atoms with E-state index in [1.807, 2.05) is 0 Å². The second-order valence-electron chi connectivity index (χ2n) is 3.58. The van der Waals surface area contributed by atoms with Crippen molar-refractivity contribution >= 4 is 23.7 Å². The van der Waals surface area contributed by atoms with Crippen LogP contribution >= 0.6 is 0 Å². The Kier molecular flexibility index (Phi) is 8.50. The third-order valence-corrected chi connectivity index (χ3v) is 2.00. The summed E-state index contributed by atoms with van der Waals surface area (Å²) in [5, 5.41) is 15.3. The van der Waals surface area contributed by atoms with E-state index in [9.17, 15) is 24.1 Å². The van der Waals surface area contributed by atoms with E-state index < -0.39 is 23.7 Å². The van der Waals surface area contributed by atoms with Crippen molar-refractivity contribution in [1.29, 1.82) is 0 Å². The van der Waals surface area contributed by atoms with Gasteiger partial charge in [-0.15, -0.1) is 4.91 Å². The highest BCUT2D eigenvalue weighted by Crippen LogP contribution is 1.91. The molecule has 9 nitrogen and oxygen atoms in total. The molecular formula is C10H15N3O6. The maximum absolute atomic E-state index is 11.1. The summed E-state index contributed by atoms with van der Waals surface area (Å²) in [6, 6.07) is 0. The van der Waals surface area contributed by atoms with Crippen molar-refractivity contribution in [1.82, 2.24) is 10.6 Å². The Labute approximate surface area is 108 Å². The molecule has 0 bridgehead atoms. The molecule has 3 N–H and O–H groups in total. The molecule has 0 rings (SSSR count). The Bertz CT molecular complexity index is 368. The molecule has 0 radical (unpaired) electrons. The normalized spacial score (nSPS) is 9.47. The lowest BCUT2D eigenvalue weighted by Gasteiger charge is -2.05. The molecule has 3 amide bonds. The summed E-state index contributed by atoms with van der Waals surface area (Å²) in [5.74, 6) is -2.80. The van der Waals surface area contributed by atoms with Crippen LogP contribution in [0.4, 0.5) is 0 Å². The van der Waals surface area contributed by atoms with Gasteiger partial charge in [-0.05, 0) is 0 Å². The molecule has 0 saturated heterocycles. The maximum atomic E-state index is 11.1. The van der Waals surface area contributed by atoms with Crippen LogP contribution in [0.1, 0.15) is 25.7 Å². The molecule has 9 heteroatoms. The van der Waals surface area contributed by atoms with Crippen LogP contribution in [0.3, 0.4) is 0 Å². The zero-order valence-electron chi connectivity index (χ0n) is 10.2. The molecular weight excluding hydrogens is 258 g/mol. The van der Waals surface area contributed by atoms with Gasteiger partial charge < -0.3 is 15.7 Å². The van der Waals surface area contributed by atoms with Crippen LogP contribution in [0.25, 0.3) is 0 Å². The van der Waals surface area contributed by atoms with E-state index in [1.165, 1.54) is 0 Å². The minimum Gasteiger partial charge on any atom is -0.481 e. The average molecular weight is 273 g/mol. The first-order valence-corrected chi connectivity index (χ1v) is 5.57. The van der Waals surface area contributed by atoms with Gasteiger partial charge in [-0.1, -0.05) is 0 Å². The first-order chi connectivity index (χ1) is 8.95. The lowest BCUT2D eigenvalue weighted by atomic mass is 10.3. The number of nitrogens with one attached hydrogen (secondary N) is 2. The average Bonchev–Trinajstić information content (AvgIpc) is 2.38. The molecule has 0 spiro atoms. The molecule has 0 aliphatic rings. The number of nitroso groups, excluding NO2 is 1. The highest BCUT2D eigenvalue weighted by molar-refractivity contribution is 5.84. The van der Waals surface area contributed by atoms with Crippen molar-refractivity contribution < 1.29 is 24.3 Å². The van der Waals surface area contributed by atoms with E-state index >= 15 is 0 Å². The van der Waals surface area contributed by atoms with E-state index in [0.717, 1.165) is 0 Å². The summed E-state index contributed by atoms with van der Waals surface area (Å²) < 4.78 is 0. The molecule has 0 fully saturated rings. The summed E-state index contributed by atoms with van der Waals surface area (Å²) in [5.41, 5.74) is 0. The quantitative estimate of drug-likeness (QED) is 0.369. The van der Waals surface area contributed by atoms with Gasteiger partial charge >= 0.3 is 5.97 Å². The SMILES string of the molecule is O=NC(=O)CCC(=O)NCCNC(=O)CCC(=O)O. The molecule has 0 aromatic carbocycles. The number of carbonyl (C=O) groups excluding carboxylic acids is 3. The van der Waals surface area contributed by atoms with Crippen molar-refractivity contribution in [3.05, 3.63) is 4.91 Å². The zero-order valence-corrected chi connectivity index (χ0v) is 10.2. The smallest absolute Gasteiger partial charge is 0.303 e. The Hall–Kier alpha value is -2.32. The van der Waals surface area contributed by atoms with Crippen LogP contribution in [-0.4, -0.2) is 41.9 Å². The molecule has 106 valence electrons. The van der Waals surface area contributed by atoms with Crippen LogP contribution in [0.5, 0.6) is 0 Å².